The highest BCUT2D eigenvalue weighted by molar-refractivity contribution is 5.94. The van der Waals surface area contributed by atoms with E-state index < -0.39 is 12.0 Å². The van der Waals surface area contributed by atoms with E-state index in [1.54, 1.807) is 0 Å². The number of hydrogen-bond donors (Lipinski definition) is 1. The number of hydrogen-bond acceptors (Lipinski definition) is 4. The van der Waals surface area contributed by atoms with E-state index in [0.717, 1.165) is 18.4 Å². The van der Waals surface area contributed by atoms with Crippen molar-refractivity contribution < 1.29 is 19.4 Å². The summed E-state index contributed by atoms with van der Waals surface area (Å²) in [6.45, 7) is 0.0121. The normalized spacial score (nSPS) is 22.7. The van der Waals surface area contributed by atoms with Crippen molar-refractivity contribution in [2.75, 3.05) is 13.2 Å². The van der Waals surface area contributed by atoms with Gasteiger partial charge in [-0.3, -0.25) is 4.79 Å². The first-order chi connectivity index (χ1) is 12.2. The maximum Gasteiger partial charge on any atom is 0.416 e. The van der Waals surface area contributed by atoms with Crippen LogP contribution in [0.4, 0.5) is 4.79 Å². The number of ether oxygens (including phenoxy) is 1. The molecule has 1 aliphatic heterocycles. The Hall–Kier alpha value is -1.88. The Kier molecular flexibility index (Phi) is 6.08. The van der Waals surface area contributed by atoms with Crippen LogP contribution in [-0.2, 0) is 16.0 Å². The number of aliphatic hydroxyl groups is 1. The van der Waals surface area contributed by atoms with Crippen molar-refractivity contribution in [2.45, 2.75) is 51.0 Å². The van der Waals surface area contributed by atoms with Crippen LogP contribution >= 0.6 is 0 Å². The second-order valence-corrected chi connectivity index (χ2v) is 7.25. The summed E-state index contributed by atoms with van der Waals surface area (Å²) in [7, 11) is 0. The first kappa shape index (κ1) is 17.9. The maximum atomic E-state index is 12.9. The molecular formula is C20H27NO4. The average Bonchev–Trinajstić information content (AvgIpc) is 3.01. The molecule has 1 heterocycles. The fraction of sp³-hybridized carbons (Fsp3) is 0.600. The van der Waals surface area contributed by atoms with Crippen LogP contribution in [-0.4, -0.2) is 41.3 Å². The first-order valence-electron chi connectivity index (χ1n) is 9.33. The molecule has 2 amide bonds. The standard InChI is InChI=1S/C20H27NO4/c22-13-17(11-15-7-3-1-4-8-15)19(23)21-18(14-25-20(21)24)12-16-9-5-2-6-10-16/h2,5-6,9-10,15,17-18,22H,1,3-4,7-8,11-14H2/t17?,18-/m1/s1. The fourth-order valence-corrected chi connectivity index (χ4v) is 4.04. The predicted molar refractivity (Wildman–Crippen MR) is 93.9 cm³/mol. The molecule has 1 aliphatic carbocycles. The molecule has 1 saturated carbocycles. The van der Waals surface area contributed by atoms with E-state index >= 15 is 0 Å². The minimum Gasteiger partial charge on any atom is -0.447 e. The number of amides is 2. The first-order valence-corrected chi connectivity index (χ1v) is 9.33. The molecule has 3 rings (SSSR count). The molecule has 1 unspecified atom stereocenters. The van der Waals surface area contributed by atoms with Gasteiger partial charge in [-0.1, -0.05) is 62.4 Å². The van der Waals surface area contributed by atoms with E-state index in [2.05, 4.69) is 0 Å². The number of cyclic esters (lactones) is 1. The molecule has 1 aromatic carbocycles. The Labute approximate surface area is 149 Å². The van der Waals surface area contributed by atoms with Gasteiger partial charge in [0.25, 0.3) is 0 Å². The third-order valence-corrected chi connectivity index (χ3v) is 5.42. The van der Waals surface area contributed by atoms with Crippen LogP contribution in [0.1, 0.15) is 44.1 Å². The predicted octanol–water partition coefficient (Wildman–Crippen LogP) is 3.16. The number of imide groups is 1. The minimum atomic E-state index is -0.576. The van der Waals surface area contributed by atoms with E-state index in [9.17, 15) is 14.7 Å². The topological polar surface area (TPSA) is 66.8 Å². The van der Waals surface area contributed by atoms with E-state index in [0.29, 0.717) is 18.8 Å². The quantitative estimate of drug-likeness (QED) is 0.860. The Morgan fingerprint density at radius 1 is 1.20 bits per heavy atom. The van der Waals surface area contributed by atoms with Crippen molar-refractivity contribution in [1.82, 2.24) is 4.90 Å². The van der Waals surface area contributed by atoms with Gasteiger partial charge in [0.2, 0.25) is 5.91 Å². The zero-order valence-corrected chi connectivity index (χ0v) is 14.6. The lowest BCUT2D eigenvalue weighted by atomic mass is 9.82. The third-order valence-electron chi connectivity index (χ3n) is 5.42. The summed E-state index contributed by atoms with van der Waals surface area (Å²) in [6.07, 6.45) is 6.54. The van der Waals surface area contributed by atoms with Gasteiger partial charge in [0.1, 0.15) is 6.61 Å². The molecule has 5 heteroatoms. The van der Waals surface area contributed by atoms with Gasteiger partial charge in [-0.05, 0) is 24.3 Å². The molecule has 1 aromatic rings. The summed E-state index contributed by atoms with van der Waals surface area (Å²) in [5.74, 6) is -0.315. The van der Waals surface area contributed by atoms with Crippen LogP contribution in [0.3, 0.4) is 0 Å². The highest BCUT2D eigenvalue weighted by atomic mass is 16.6. The zero-order chi connectivity index (χ0) is 17.6. The minimum absolute atomic E-state index is 0.211. The van der Waals surface area contributed by atoms with Crippen molar-refractivity contribution in [3.05, 3.63) is 35.9 Å². The van der Waals surface area contributed by atoms with Gasteiger partial charge in [0.05, 0.1) is 18.6 Å². The molecule has 1 saturated heterocycles. The molecule has 136 valence electrons. The van der Waals surface area contributed by atoms with Gasteiger partial charge >= 0.3 is 6.09 Å². The van der Waals surface area contributed by atoms with Crippen molar-refractivity contribution in [3.8, 4) is 0 Å². The van der Waals surface area contributed by atoms with Gasteiger partial charge in [-0.15, -0.1) is 0 Å². The summed E-state index contributed by atoms with van der Waals surface area (Å²) in [4.78, 5) is 26.3. The van der Waals surface area contributed by atoms with Crippen LogP contribution in [0.15, 0.2) is 30.3 Å². The van der Waals surface area contributed by atoms with Crippen LogP contribution in [0.5, 0.6) is 0 Å². The lowest BCUT2D eigenvalue weighted by molar-refractivity contribution is -0.135. The van der Waals surface area contributed by atoms with Crippen LogP contribution in [0.2, 0.25) is 0 Å². The second kappa shape index (κ2) is 8.48. The Bertz CT molecular complexity index is 583. The molecule has 25 heavy (non-hydrogen) atoms. The Morgan fingerprint density at radius 2 is 1.92 bits per heavy atom. The van der Waals surface area contributed by atoms with Gasteiger partial charge < -0.3 is 9.84 Å². The fourth-order valence-electron chi connectivity index (χ4n) is 4.04. The number of carbonyl (C=O) groups is 2. The lowest BCUT2D eigenvalue weighted by Crippen LogP contribution is -2.45. The number of aliphatic hydroxyl groups excluding tert-OH is 1. The molecule has 2 aliphatic rings. The van der Waals surface area contributed by atoms with Crippen molar-refractivity contribution >= 4 is 12.0 Å². The van der Waals surface area contributed by atoms with Crippen LogP contribution in [0, 0.1) is 11.8 Å². The smallest absolute Gasteiger partial charge is 0.416 e. The average molecular weight is 345 g/mol. The van der Waals surface area contributed by atoms with E-state index in [1.807, 2.05) is 30.3 Å². The second-order valence-electron chi connectivity index (χ2n) is 7.25. The molecule has 2 fully saturated rings. The highest BCUT2D eigenvalue weighted by Gasteiger charge is 2.41. The molecule has 0 bridgehead atoms. The highest BCUT2D eigenvalue weighted by Crippen LogP contribution is 2.30. The summed E-state index contributed by atoms with van der Waals surface area (Å²) in [6, 6.07) is 9.50. The summed E-state index contributed by atoms with van der Waals surface area (Å²) >= 11 is 0. The largest absolute Gasteiger partial charge is 0.447 e. The van der Waals surface area contributed by atoms with Gasteiger partial charge in [0.15, 0.2) is 0 Å². The molecule has 2 atom stereocenters. The van der Waals surface area contributed by atoms with E-state index in [1.165, 1.54) is 24.2 Å². The SMILES string of the molecule is O=C1OC[C@@H](Cc2ccccc2)N1C(=O)C(CO)CC1CCCCC1. The van der Waals surface area contributed by atoms with Gasteiger partial charge in [-0.25, -0.2) is 9.69 Å². The molecule has 0 radical (unpaired) electrons. The van der Waals surface area contributed by atoms with Gasteiger partial charge in [-0.2, -0.15) is 0 Å². The number of carbonyl (C=O) groups excluding carboxylic acids is 2. The van der Waals surface area contributed by atoms with Gasteiger partial charge in [0, 0.05) is 0 Å². The number of benzene rings is 1. The summed E-state index contributed by atoms with van der Waals surface area (Å²) < 4.78 is 5.14. The summed E-state index contributed by atoms with van der Waals surface area (Å²) in [5, 5.41) is 9.75. The lowest BCUT2D eigenvalue weighted by Gasteiger charge is -2.28. The van der Waals surface area contributed by atoms with E-state index in [-0.39, 0.29) is 25.2 Å². The Balaban J connectivity index is 1.67. The van der Waals surface area contributed by atoms with Crippen molar-refractivity contribution in [1.29, 1.82) is 0 Å². The molecule has 0 aromatic heterocycles. The van der Waals surface area contributed by atoms with Crippen molar-refractivity contribution in [3.63, 3.8) is 0 Å². The molecule has 5 nitrogen and oxygen atoms in total. The van der Waals surface area contributed by atoms with Crippen molar-refractivity contribution in [2.24, 2.45) is 11.8 Å². The third kappa shape index (κ3) is 4.40. The molecule has 0 spiro atoms. The summed E-state index contributed by atoms with van der Waals surface area (Å²) in [5.41, 5.74) is 1.07. The monoisotopic (exact) mass is 345 g/mol. The Morgan fingerprint density at radius 3 is 2.60 bits per heavy atom. The number of rotatable bonds is 6. The molecule has 1 N–H and O–H groups in total. The molecular weight excluding hydrogens is 318 g/mol. The van der Waals surface area contributed by atoms with Crippen LogP contribution < -0.4 is 0 Å². The maximum absolute atomic E-state index is 12.9. The number of nitrogens with zero attached hydrogens (tertiary/aromatic N) is 1. The van der Waals surface area contributed by atoms with Crippen LogP contribution in [0.25, 0.3) is 0 Å². The zero-order valence-electron chi connectivity index (χ0n) is 14.6. The van der Waals surface area contributed by atoms with E-state index in [4.69, 9.17) is 4.74 Å².